The highest BCUT2D eigenvalue weighted by atomic mass is 19.1. The smallest absolute Gasteiger partial charge is 0.326 e. The molecule has 6 heteroatoms. The van der Waals surface area contributed by atoms with Gasteiger partial charge in [-0.2, -0.15) is 0 Å². The van der Waals surface area contributed by atoms with Crippen LogP contribution in [-0.2, 0) is 11.3 Å². The van der Waals surface area contributed by atoms with E-state index in [2.05, 4.69) is 10.6 Å². The number of rotatable bonds is 6. The van der Waals surface area contributed by atoms with E-state index in [4.69, 9.17) is 5.11 Å². The molecule has 20 heavy (non-hydrogen) atoms. The molecular formula is C14H19FN2O3. The van der Waals surface area contributed by atoms with Crippen molar-refractivity contribution in [2.24, 2.45) is 5.92 Å². The van der Waals surface area contributed by atoms with E-state index in [9.17, 15) is 14.0 Å². The number of amides is 2. The number of hydrogen-bond donors (Lipinski definition) is 3. The second kappa shape index (κ2) is 7.47. The summed E-state index contributed by atoms with van der Waals surface area (Å²) in [7, 11) is 0. The van der Waals surface area contributed by atoms with Crippen molar-refractivity contribution in [3.05, 3.63) is 35.6 Å². The Bertz CT molecular complexity index is 462. The monoisotopic (exact) mass is 282 g/mol. The fourth-order valence-electron chi connectivity index (χ4n) is 1.66. The van der Waals surface area contributed by atoms with Crippen molar-refractivity contribution in [1.29, 1.82) is 0 Å². The zero-order chi connectivity index (χ0) is 15.1. The fourth-order valence-corrected chi connectivity index (χ4v) is 1.66. The lowest BCUT2D eigenvalue weighted by atomic mass is 9.99. The Morgan fingerprint density at radius 2 is 1.90 bits per heavy atom. The summed E-state index contributed by atoms with van der Waals surface area (Å²) in [5.41, 5.74) is 0.733. The third-order valence-corrected chi connectivity index (χ3v) is 3.13. The van der Waals surface area contributed by atoms with Gasteiger partial charge in [-0.15, -0.1) is 0 Å². The number of halogens is 1. The lowest BCUT2D eigenvalue weighted by molar-refractivity contribution is -0.140. The summed E-state index contributed by atoms with van der Waals surface area (Å²) in [5, 5.41) is 14.0. The average molecular weight is 282 g/mol. The van der Waals surface area contributed by atoms with Gasteiger partial charge in [0.2, 0.25) is 0 Å². The van der Waals surface area contributed by atoms with Crippen LogP contribution in [0.2, 0.25) is 0 Å². The number of urea groups is 1. The van der Waals surface area contributed by atoms with Gasteiger partial charge in [0.05, 0.1) is 0 Å². The van der Waals surface area contributed by atoms with Crippen LogP contribution in [0.5, 0.6) is 0 Å². The number of hydrogen-bond acceptors (Lipinski definition) is 2. The molecule has 2 amide bonds. The molecule has 1 rings (SSSR count). The van der Waals surface area contributed by atoms with Crippen molar-refractivity contribution in [2.45, 2.75) is 32.9 Å². The lowest BCUT2D eigenvalue weighted by Gasteiger charge is -2.20. The minimum absolute atomic E-state index is 0.163. The minimum atomic E-state index is -1.06. The van der Waals surface area contributed by atoms with Gasteiger partial charge in [-0.25, -0.2) is 14.0 Å². The van der Waals surface area contributed by atoms with Gasteiger partial charge < -0.3 is 15.7 Å². The van der Waals surface area contributed by atoms with Crippen molar-refractivity contribution in [3.8, 4) is 0 Å². The molecule has 0 bridgehead atoms. The van der Waals surface area contributed by atoms with E-state index >= 15 is 0 Å². The molecule has 0 aromatic heterocycles. The van der Waals surface area contributed by atoms with Gasteiger partial charge >= 0.3 is 12.0 Å². The Morgan fingerprint density at radius 1 is 1.30 bits per heavy atom. The van der Waals surface area contributed by atoms with Gasteiger partial charge in [0.15, 0.2) is 0 Å². The molecule has 5 nitrogen and oxygen atoms in total. The summed E-state index contributed by atoms with van der Waals surface area (Å²) in [4.78, 5) is 22.7. The molecule has 0 saturated heterocycles. The summed E-state index contributed by atoms with van der Waals surface area (Å²) in [6, 6.07) is 4.23. The van der Waals surface area contributed by atoms with Crippen LogP contribution in [0.4, 0.5) is 9.18 Å². The number of aliphatic carboxylic acids is 1. The fraction of sp³-hybridized carbons (Fsp3) is 0.429. The molecule has 2 atom stereocenters. The Kier molecular flexibility index (Phi) is 5.96. The molecule has 110 valence electrons. The van der Waals surface area contributed by atoms with Crippen LogP contribution in [0.1, 0.15) is 25.8 Å². The third-order valence-electron chi connectivity index (χ3n) is 3.13. The van der Waals surface area contributed by atoms with Crippen molar-refractivity contribution in [1.82, 2.24) is 10.6 Å². The summed E-state index contributed by atoms with van der Waals surface area (Å²) in [6.07, 6.45) is 0.648. The first kappa shape index (κ1) is 15.9. The summed E-state index contributed by atoms with van der Waals surface area (Å²) >= 11 is 0. The van der Waals surface area contributed by atoms with Gasteiger partial charge in [0, 0.05) is 6.54 Å². The second-order valence-corrected chi connectivity index (χ2v) is 4.65. The van der Waals surface area contributed by atoms with E-state index in [1.165, 1.54) is 12.1 Å². The van der Waals surface area contributed by atoms with Crippen molar-refractivity contribution >= 4 is 12.0 Å². The van der Waals surface area contributed by atoms with Gasteiger partial charge in [-0.3, -0.25) is 0 Å². The first-order valence-corrected chi connectivity index (χ1v) is 6.45. The number of carbonyl (C=O) groups excluding carboxylic acids is 1. The Balaban J connectivity index is 2.49. The number of carboxylic acids is 1. The predicted molar refractivity (Wildman–Crippen MR) is 72.7 cm³/mol. The molecule has 0 spiro atoms. The highest BCUT2D eigenvalue weighted by Gasteiger charge is 2.24. The molecule has 0 radical (unpaired) electrons. The molecule has 0 fully saturated rings. The van der Waals surface area contributed by atoms with Crippen LogP contribution in [0.3, 0.4) is 0 Å². The van der Waals surface area contributed by atoms with E-state index in [1.807, 2.05) is 6.92 Å². The van der Waals surface area contributed by atoms with Gasteiger partial charge in [-0.1, -0.05) is 32.4 Å². The summed E-state index contributed by atoms with van der Waals surface area (Å²) in [6.45, 7) is 3.83. The first-order chi connectivity index (χ1) is 9.43. The molecule has 3 N–H and O–H groups in total. The Labute approximate surface area is 117 Å². The number of carboxylic acid groups (broad SMARTS) is 1. The molecule has 0 aliphatic heterocycles. The molecule has 1 aromatic rings. The van der Waals surface area contributed by atoms with E-state index < -0.39 is 18.0 Å². The number of benzene rings is 1. The van der Waals surface area contributed by atoms with Crippen LogP contribution in [0.15, 0.2) is 24.3 Å². The van der Waals surface area contributed by atoms with Crippen LogP contribution in [-0.4, -0.2) is 23.1 Å². The van der Waals surface area contributed by atoms with Crippen LogP contribution < -0.4 is 10.6 Å². The minimum Gasteiger partial charge on any atom is -0.480 e. The van der Waals surface area contributed by atoms with E-state index in [0.29, 0.717) is 6.42 Å². The molecule has 0 heterocycles. The van der Waals surface area contributed by atoms with E-state index in [-0.39, 0.29) is 18.3 Å². The average Bonchev–Trinajstić information content (AvgIpc) is 2.43. The van der Waals surface area contributed by atoms with Crippen molar-refractivity contribution in [3.63, 3.8) is 0 Å². The van der Waals surface area contributed by atoms with Crippen LogP contribution in [0, 0.1) is 11.7 Å². The molecule has 0 aliphatic rings. The second-order valence-electron chi connectivity index (χ2n) is 4.65. The highest BCUT2D eigenvalue weighted by molar-refractivity contribution is 5.82. The Hall–Kier alpha value is -2.11. The summed E-state index contributed by atoms with van der Waals surface area (Å²) < 4.78 is 12.7. The third kappa shape index (κ3) is 4.87. The normalized spacial score (nSPS) is 13.3. The largest absolute Gasteiger partial charge is 0.480 e. The maximum Gasteiger partial charge on any atom is 0.326 e. The lowest BCUT2D eigenvalue weighted by Crippen LogP contribution is -2.48. The molecule has 0 saturated carbocycles. The molecule has 1 aromatic carbocycles. The molecule has 0 unspecified atom stereocenters. The van der Waals surface area contributed by atoms with Crippen molar-refractivity contribution in [2.75, 3.05) is 0 Å². The topological polar surface area (TPSA) is 78.4 Å². The number of carbonyl (C=O) groups is 2. The maximum absolute atomic E-state index is 12.7. The first-order valence-electron chi connectivity index (χ1n) is 6.45. The maximum atomic E-state index is 12.7. The van der Waals surface area contributed by atoms with E-state index in [0.717, 1.165) is 5.56 Å². The highest BCUT2D eigenvalue weighted by Crippen LogP contribution is 2.08. The molecule has 0 aliphatic carbocycles. The van der Waals surface area contributed by atoms with Gasteiger partial charge in [0.1, 0.15) is 11.9 Å². The Morgan fingerprint density at radius 3 is 2.40 bits per heavy atom. The van der Waals surface area contributed by atoms with Gasteiger partial charge in [0.25, 0.3) is 0 Å². The van der Waals surface area contributed by atoms with Crippen molar-refractivity contribution < 1.29 is 19.1 Å². The quantitative estimate of drug-likeness (QED) is 0.748. The van der Waals surface area contributed by atoms with Gasteiger partial charge in [-0.05, 0) is 23.6 Å². The zero-order valence-electron chi connectivity index (χ0n) is 11.5. The SMILES string of the molecule is CC[C@@H](C)[C@H](NC(=O)NCc1ccc(F)cc1)C(=O)O. The predicted octanol–water partition coefficient (Wildman–Crippen LogP) is 2.12. The molecular weight excluding hydrogens is 263 g/mol. The van der Waals surface area contributed by atoms with E-state index in [1.54, 1.807) is 19.1 Å². The van der Waals surface area contributed by atoms with Crippen LogP contribution >= 0.6 is 0 Å². The standard InChI is InChI=1S/C14H19FN2O3/c1-3-9(2)12(13(18)19)17-14(20)16-8-10-4-6-11(15)7-5-10/h4-7,9,12H,3,8H2,1-2H3,(H,18,19)(H2,16,17,20)/t9-,12+/m1/s1. The number of nitrogens with one attached hydrogen (secondary N) is 2. The van der Waals surface area contributed by atoms with Crippen LogP contribution in [0.25, 0.3) is 0 Å². The summed E-state index contributed by atoms with van der Waals surface area (Å²) in [5.74, 6) is -1.57. The zero-order valence-corrected chi connectivity index (χ0v) is 11.5.